The van der Waals surface area contributed by atoms with E-state index in [-0.39, 0.29) is 6.61 Å². The average molecular weight is 285 g/mol. The van der Waals surface area contributed by atoms with Gasteiger partial charge in [-0.05, 0) is 36.6 Å². The summed E-state index contributed by atoms with van der Waals surface area (Å²) in [6.07, 6.45) is 0.477. The number of aliphatic hydroxyl groups is 1. The van der Waals surface area contributed by atoms with Gasteiger partial charge in [-0.2, -0.15) is 0 Å². The summed E-state index contributed by atoms with van der Waals surface area (Å²) in [5, 5.41) is 10.8. The third-order valence-corrected chi connectivity index (χ3v) is 3.73. The molecule has 0 aliphatic heterocycles. The Bertz CT molecular complexity index is 556. The molecule has 112 valence electrons. The molecule has 3 heteroatoms. The third-order valence-electron chi connectivity index (χ3n) is 3.73. The zero-order valence-electron chi connectivity index (χ0n) is 12.5. The van der Waals surface area contributed by atoms with E-state index in [9.17, 15) is 5.11 Å². The smallest absolute Gasteiger partial charge is 0.114 e. The van der Waals surface area contributed by atoms with Crippen molar-refractivity contribution in [2.45, 2.75) is 25.6 Å². The highest BCUT2D eigenvalue weighted by molar-refractivity contribution is 5.25. The largest absolute Gasteiger partial charge is 0.383 e. The quantitative estimate of drug-likeness (QED) is 0.822. The Hall–Kier alpha value is -1.68. The van der Waals surface area contributed by atoms with E-state index in [1.807, 2.05) is 48.5 Å². The lowest BCUT2D eigenvalue weighted by Crippen LogP contribution is -2.34. The van der Waals surface area contributed by atoms with Crippen molar-refractivity contribution in [1.82, 2.24) is 0 Å². The number of benzene rings is 2. The summed E-state index contributed by atoms with van der Waals surface area (Å²) in [6.45, 7) is 3.20. The van der Waals surface area contributed by atoms with Crippen molar-refractivity contribution in [1.29, 1.82) is 0 Å². The van der Waals surface area contributed by atoms with Gasteiger partial charge in [-0.25, -0.2) is 0 Å². The van der Waals surface area contributed by atoms with Crippen LogP contribution in [-0.2, 0) is 16.9 Å². The number of ether oxygens (including phenoxy) is 1. The Kier molecular flexibility index (Phi) is 5.51. The highest BCUT2D eigenvalue weighted by Crippen LogP contribution is 2.25. The zero-order chi connectivity index (χ0) is 15.1. The molecule has 0 spiro atoms. The van der Waals surface area contributed by atoms with Crippen LogP contribution in [0.2, 0.25) is 0 Å². The Morgan fingerprint density at radius 2 is 1.71 bits per heavy atom. The molecule has 2 aromatic rings. The molecular formula is C18H23NO2. The molecule has 0 saturated carbocycles. The fraction of sp³-hybridized carbons (Fsp3) is 0.333. The van der Waals surface area contributed by atoms with Crippen LogP contribution in [0.25, 0.3) is 0 Å². The number of hydrogen-bond donors (Lipinski definition) is 2. The lowest BCUT2D eigenvalue weighted by atomic mass is 9.91. The van der Waals surface area contributed by atoms with Crippen LogP contribution in [-0.4, -0.2) is 18.3 Å². The summed E-state index contributed by atoms with van der Waals surface area (Å²) < 4.78 is 5.77. The lowest BCUT2D eigenvalue weighted by Gasteiger charge is -2.28. The van der Waals surface area contributed by atoms with Crippen LogP contribution in [0, 0.1) is 6.92 Å². The fourth-order valence-corrected chi connectivity index (χ4v) is 2.39. The molecule has 1 atom stereocenters. The third kappa shape index (κ3) is 4.14. The second-order valence-corrected chi connectivity index (χ2v) is 5.36. The molecular weight excluding hydrogens is 262 g/mol. The molecule has 0 aliphatic rings. The predicted octanol–water partition coefficient (Wildman–Crippen LogP) is 2.75. The van der Waals surface area contributed by atoms with Gasteiger partial charge in [-0.15, -0.1) is 0 Å². The predicted molar refractivity (Wildman–Crippen MR) is 84.8 cm³/mol. The van der Waals surface area contributed by atoms with Gasteiger partial charge >= 0.3 is 0 Å². The molecule has 0 radical (unpaired) electrons. The van der Waals surface area contributed by atoms with Gasteiger partial charge in [0, 0.05) is 0 Å². The van der Waals surface area contributed by atoms with E-state index in [1.165, 1.54) is 5.56 Å². The highest BCUT2D eigenvalue weighted by atomic mass is 16.5. The molecule has 0 bridgehead atoms. The Labute approximate surface area is 126 Å². The minimum Gasteiger partial charge on any atom is -0.383 e. The summed E-state index contributed by atoms with van der Waals surface area (Å²) in [5.41, 5.74) is 7.80. The van der Waals surface area contributed by atoms with Gasteiger partial charge in [-0.1, -0.05) is 54.6 Å². The van der Waals surface area contributed by atoms with Gasteiger partial charge in [-0.3, -0.25) is 0 Å². The summed E-state index contributed by atoms with van der Waals surface area (Å²) in [7, 11) is 0. The molecule has 3 nitrogen and oxygen atoms in total. The topological polar surface area (TPSA) is 55.5 Å². The molecule has 2 aromatic carbocycles. The molecule has 0 fully saturated rings. The highest BCUT2D eigenvalue weighted by Gasteiger charge is 2.28. The Morgan fingerprint density at radius 3 is 2.38 bits per heavy atom. The van der Waals surface area contributed by atoms with Crippen molar-refractivity contribution >= 4 is 0 Å². The molecule has 21 heavy (non-hydrogen) atoms. The van der Waals surface area contributed by atoms with Crippen LogP contribution in [0.5, 0.6) is 0 Å². The summed E-state index contributed by atoms with van der Waals surface area (Å²) in [4.78, 5) is 0. The van der Waals surface area contributed by atoms with E-state index >= 15 is 0 Å². The molecule has 1 unspecified atom stereocenters. The first-order valence-corrected chi connectivity index (χ1v) is 7.26. The van der Waals surface area contributed by atoms with Crippen molar-refractivity contribution in [3.05, 3.63) is 71.3 Å². The van der Waals surface area contributed by atoms with E-state index in [1.54, 1.807) is 0 Å². The Balaban J connectivity index is 2.02. The zero-order valence-corrected chi connectivity index (χ0v) is 12.5. The van der Waals surface area contributed by atoms with Crippen LogP contribution in [0.15, 0.2) is 54.6 Å². The second kappa shape index (κ2) is 7.36. The summed E-state index contributed by atoms with van der Waals surface area (Å²) in [5.74, 6) is 0. The molecule has 0 saturated heterocycles. The molecule has 0 aromatic heterocycles. The van der Waals surface area contributed by atoms with Crippen LogP contribution in [0.3, 0.4) is 0 Å². The van der Waals surface area contributed by atoms with Gasteiger partial charge < -0.3 is 15.6 Å². The first kappa shape index (κ1) is 15.7. The standard InChI is InChI=1S/C18H23NO2/c1-15-7-5-6-8-16(15)13-21-14-18(20,11-12-19)17-9-3-2-4-10-17/h2-10,20H,11-14,19H2,1H3. The van der Waals surface area contributed by atoms with Crippen molar-refractivity contribution in [3.63, 3.8) is 0 Å². The van der Waals surface area contributed by atoms with E-state index in [2.05, 4.69) is 13.0 Å². The van der Waals surface area contributed by atoms with E-state index in [4.69, 9.17) is 10.5 Å². The maximum atomic E-state index is 10.8. The van der Waals surface area contributed by atoms with E-state index in [0.717, 1.165) is 11.1 Å². The van der Waals surface area contributed by atoms with Crippen LogP contribution >= 0.6 is 0 Å². The SMILES string of the molecule is Cc1ccccc1COCC(O)(CCN)c1ccccc1. The minimum atomic E-state index is -1.03. The number of hydrogen-bond acceptors (Lipinski definition) is 3. The van der Waals surface area contributed by atoms with Gasteiger partial charge in [0.05, 0.1) is 13.2 Å². The Morgan fingerprint density at radius 1 is 1.05 bits per heavy atom. The number of nitrogens with two attached hydrogens (primary N) is 1. The normalized spacial score (nSPS) is 13.9. The van der Waals surface area contributed by atoms with Crippen molar-refractivity contribution < 1.29 is 9.84 Å². The summed E-state index contributed by atoms with van der Waals surface area (Å²) >= 11 is 0. The molecule has 0 amide bonds. The second-order valence-electron chi connectivity index (χ2n) is 5.36. The van der Waals surface area contributed by atoms with Crippen LogP contribution in [0.4, 0.5) is 0 Å². The minimum absolute atomic E-state index is 0.239. The maximum Gasteiger partial charge on any atom is 0.114 e. The van der Waals surface area contributed by atoms with Crippen molar-refractivity contribution in [2.24, 2.45) is 5.73 Å². The molecule has 0 aliphatic carbocycles. The molecule has 0 heterocycles. The van der Waals surface area contributed by atoms with Crippen LogP contribution in [0.1, 0.15) is 23.1 Å². The van der Waals surface area contributed by atoms with Gasteiger partial charge in [0.25, 0.3) is 0 Å². The molecule has 2 rings (SSSR count). The van der Waals surface area contributed by atoms with E-state index in [0.29, 0.717) is 19.6 Å². The van der Waals surface area contributed by atoms with Gasteiger partial charge in [0.1, 0.15) is 5.60 Å². The first-order chi connectivity index (χ1) is 10.2. The van der Waals surface area contributed by atoms with Gasteiger partial charge in [0.15, 0.2) is 0 Å². The average Bonchev–Trinajstić information content (AvgIpc) is 2.50. The lowest BCUT2D eigenvalue weighted by molar-refractivity contribution is -0.0603. The van der Waals surface area contributed by atoms with E-state index < -0.39 is 5.60 Å². The summed E-state index contributed by atoms with van der Waals surface area (Å²) in [6, 6.07) is 17.7. The van der Waals surface area contributed by atoms with Gasteiger partial charge in [0.2, 0.25) is 0 Å². The number of rotatable bonds is 7. The number of aryl methyl sites for hydroxylation is 1. The molecule has 3 N–H and O–H groups in total. The first-order valence-electron chi connectivity index (χ1n) is 7.26. The monoisotopic (exact) mass is 285 g/mol. The van der Waals surface area contributed by atoms with Crippen molar-refractivity contribution in [2.75, 3.05) is 13.2 Å². The maximum absolute atomic E-state index is 10.8. The van der Waals surface area contributed by atoms with Crippen molar-refractivity contribution in [3.8, 4) is 0 Å². The fourth-order valence-electron chi connectivity index (χ4n) is 2.39. The van der Waals surface area contributed by atoms with Crippen LogP contribution < -0.4 is 5.73 Å².